The van der Waals surface area contributed by atoms with Gasteiger partial charge in [-0.1, -0.05) is 48.0 Å². The number of hydrogen-bond acceptors (Lipinski definition) is 4. The highest BCUT2D eigenvalue weighted by Gasteiger charge is 2.18. The van der Waals surface area contributed by atoms with Crippen LogP contribution in [0.5, 0.6) is 5.75 Å². The van der Waals surface area contributed by atoms with Gasteiger partial charge < -0.3 is 10.1 Å². The summed E-state index contributed by atoms with van der Waals surface area (Å²) < 4.78 is 31.6. The summed E-state index contributed by atoms with van der Waals surface area (Å²) in [6, 6.07) is 21.3. The third kappa shape index (κ3) is 6.48. The van der Waals surface area contributed by atoms with Crippen molar-refractivity contribution < 1.29 is 17.9 Å². The molecule has 0 aliphatic rings. The summed E-state index contributed by atoms with van der Waals surface area (Å²) >= 11 is 6.03. The fraction of sp³-hybridized carbons (Fsp3) is 0.208. The quantitative estimate of drug-likeness (QED) is 0.467. The van der Waals surface area contributed by atoms with Crippen molar-refractivity contribution >= 4 is 33.2 Å². The van der Waals surface area contributed by atoms with Gasteiger partial charge in [-0.3, -0.25) is 9.10 Å². The number of aryl methyl sites for hydroxylation is 1. The monoisotopic (exact) mass is 472 g/mol. The Kier molecular flexibility index (Phi) is 7.77. The van der Waals surface area contributed by atoms with Crippen LogP contribution in [-0.2, 0) is 16.6 Å². The Bertz CT molecular complexity index is 1180. The SMILES string of the molecule is Cc1cccc(N(Cc2ccc(C(=O)NCCOc3ccccc3Cl)cc2)S(C)(=O)=O)c1. The summed E-state index contributed by atoms with van der Waals surface area (Å²) in [6.07, 6.45) is 1.18. The standard InChI is InChI=1S/C24H25ClN2O4S/c1-18-6-5-7-21(16-18)27(32(2,29)30)17-19-10-12-20(13-11-19)24(28)26-14-15-31-23-9-4-3-8-22(23)25/h3-13,16H,14-15,17H2,1-2H3,(H,26,28). The maximum Gasteiger partial charge on any atom is 0.251 e. The second kappa shape index (κ2) is 10.5. The Morgan fingerprint density at radius 1 is 1.03 bits per heavy atom. The predicted molar refractivity (Wildman–Crippen MR) is 128 cm³/mol. The van der Waals surface area contributed by atoms with Crippen LogP contribution in [0, 0.1) is 6.92 Å². The topological polar surface area (TPSA) is 75.7 Å². The zero-order chi connectivity index (χ0) is 23.1. The number of rotatable bonds is 9. The number of ether oxygens (including phenoxy) is 1. The zero-order valence-electron chi connectivity index (χ0n) is 17.9. The fourth-order valence-electron chi connectivity index (χ4n) is 3.10. The van der Waals surface area contributed by atoms with Crippen LogP contribution in [0.3, 0.4) is 0 Å². The third-order valence-electron chi connectivity index (χ3n) is 4.71. The molecule has 32 heavy (non-hydrogen) atoms. The number of benzene rings is 3. The van der Waals surface area contributed by atoms with Crippen molar-refractivity contribution in [2.24, 2.45) is 0 Å². The highest BCUT2D eigenvalue weighted by atomic mass is 35.5. The first-order valence-electron chi connectivity index (χ1n) is 10.0. The van der Waals surface area contributed by atoms with Crippen LogP contribution >= 0.6 is 11.6 Å². The van der Waals surface area contributed by atoms with Crippen LogP contribution in [0.15, 0.2) is 72.8 Å². The third-order valence-corrected chi connectivity index (χ3v) is 6.17. The van der Waals surface area contributed by atoms with Crippen molar-refractivity contribution in [1.82, 2.24) is 5.32 Å². The van der Waals surface area contributed by atoms with Crippen molar-refractivity contribution in [3.63, 3.8) is 0 Å². The number of amides is 1. The number of nitrogens with zero attached hydrogens (tertiary/aromatic N) is 1. The lowest BCUT2D eigenvalue weighted by Crippen LogP contribution is -2.29. The van der Waals surface area contributed by atoms with Gasteiger partial charge in [0, 0.05) is 5.56 Å². The first kappa shape index (κ1) is 23.6. The molecule has 0 aliphatic carbocycles. The minimum Gasteiger partial charge on any atom is -0.490 e. The molecule has 1 N–H and O–H groups in total. The molecule has 0 bridgehead atoms. The van der Waals surface area contributed by atoms with Crippen LogP contribution in [0.25, 0.3) is 0 Å². The largest absolute Gasteiger partial charge is 0.490 e. The van der Waals surface area contributed by atoms with Crippen LogP contribution in [0.1, 0.15) is 21.5 Å². The fourth-order valence-corrected chi connectivity index (χ4v) is 4.17. The van der Waals surface area contributed by atoms with Gasteiger partial charge >= 0.3 is 0 Å². The van der Waals surface area contributed by atoms with Crippen LogP contribution in [0.4, 0.5) is 5.69 Å². The Morgan fingerprint density at radius 2 is 1.75 bits per heavy atom. The predicted octanol–water partition coefficient (Wildman–Crippen LogP) is 4.42. The van der Waals surface area contributed by atoms with E-state index in [1.165, 1.54) is 10.6 Å². The molecule has 0 atom stereocenters. The first-order valence-corrected chi connectivity index (χ1v) is 12.3. The van der Waals surface area contributed by atoms with Crippen molar-refractivity contribution in [3.8, 4) is 5.75 Å². The van der Waals surface area contributed by atoms with E-state index in [-0.39, 0.29) is 19.1 Å². The Balaban J connectivity index is 1.58. The van der Waals surface area contributed by atoms with Crippen molar-refractivity contribution in [2.45, 2.75) is 13.5 Å². The molecule has 3 aromatic carbocycles. The van der Waals surface area contributed by atoms with Gasteiger partial charge in [-0.15, -0.1) is 0 Å². The van der Waals surface area contributed by atoms with E-state index in [0.29, 0.717) is 28.6 Å². The number of carbonyl (C=O) groups is 1. The molecule has 0 saturated heterocycles. The smallest absolute Gasteiger partial charge is 0.251 e. The maximum atomic E-state index is 12.4. The highest BCUT2D eigenvalue weighted by Crippen LogP contribution is 2.23. The Labute approximate surface area is 193 Å². The summed E-state index contributed by atoms with van der Waals surface area (Å²) in [7, 11) is -3.47. The second-order valence-corrected chi connectivity index (χ2v) is 9.65. The molecule has 0 fully saturated rings. The molecule has 0 spiro atoms. The lowest BCUT2D eigenvalue weighted by Gasteiger charge is -2.23. The molecular weight excluding hydrogens is 448 g/mol. The number of sulfonamides is 1. The molecule has 0 aliphatic heterocycles. The number of para-hydroxylation sites is 1. The summed E-state index contributed by atoms with van der Waals surface area (Å²) in [4.78, 5) is 12.4. The summed E-state index contributed by atoms with van der Waals surface area (Å²) in [5, 5.41) is 3.31. The molecule has 0 heterocycles. The molecule has 6 nitrogen and oxygen atoms in total. The number of carbonyl (C=O) groups excluding carboxylic acids is 1. The van der Waals surface area contributed by atoms with Gasteiger partial charge in [0.1, 0.15) is 12.4 Å². The summed E-state index contributed by atoms with van der Waals surface area (Å²) in [5.41, 5.74) is 2.83. The molecule has 0 saturated carbocycles. The molecule has 8 heteroatoms. The number of nitrogens with one attached hydrogen (secondary N) is 1. The van der Waals surface area contributed by atoms with Gasteiger partial charge in [0.15, 0.2) is 0 Å². The lowest BCUT2D eigenvalue weighted by molar-refractivity contribution is 0.0947. The van der Waals surface area contributed by atoms with Gasteiger partial charge in [0.05, 0.1) is 30.1 Å². The minimum atomic E-state index is -3.47. The van der Waals surface area contributed by atoms with Crippen molar-refractivity contribution in [3.05, 3.63) is 94.5 Å². The molecule has 0 unspecified atom stereocenters. The first-order chi connectivity index (χ1) is 15.2. The highest BCUT2D eigenvalue weighted by molar-refractivity contribution is 7.92. The van der Waals surface area contributed by atoms with Crippen LogP contribution in [-0.4, -0.2) is 33.7 Å². The van der Waals surface area contributed by atoms with E-state index in [1.807, 2.05) is 37.3 Å². The van der Waals surface area contributed by atoms with E-state index in [2.05, 4.69) is 5.32 Å². The average Bonchev–Trinajstić information content (AvgIpc) is 2.75. The number of anilines is 1. The van der Waals surface area contributed by atoms with Gasteiger partial charge in [-0.2, -0.15) is 0 Å². The summed E-state index contributed by atoms with van der Waals surface area (Å²) in [6.45, 7) is 2.70. The summed E-state index contributed by atoms with van der Waals surface area (Å²) in [5.74, 6) is 0.328. The van der Waals surface area contributed by atoms with E-state index in [4.69, 9.17) is 16.3 Å². The van der Waals surface area contributed by atoms with Gasteiger partial charge in [-0.05, 0) is 54.4 Å². The van der Waals surface area contributed by atoms with Gasteiger partial charge in [0.25, 0.3) is 5.91 Å². The Morgan fingerprint density at radius 3 is 2.41 bits per heavy atom. The van der Waals surface area contributed by atoms with E-state index < -0.39 is 10.0 Å². The van der Waals surface area contributed by atoms with Crippen molar-refractivity contribution in [2.75, 3.05) is 23.7 Å². The normalized spacial score (nSPS) is 11.1. The molecule has 1 amide bonds. The van der Waals surface area contributed by atoms with E-state index in [1.54, 1.807) is 42.5 Å². The molecule has 3 aromatic rings. The molecule has 0 aromatic heterocycles. The average molecular weight is 473 g/mol. The lowest BCUT2D eigenvalue weighted by atomic mass is 10.1. The Hall–Kier alpha value is -3.03. The zero-order valence-corrected chi connectivity index (χ0v) is 19.5. The minimum absolute atomic E-state index is 0.176. The van der Waals surface area contributed by atoms with E-state index >= 15 is 0 Å². The number of halogens is 1. The molecule has 0 radical (unpaired) electrons. The van der Waals surface area contributed by atoms with Gasteiger partial charge in [-0.25, -0.2) is 8.42 Å². The molecule has 168 valence electrons. The van der Waals surface area contributed by atoms with Crippen LogP contribution in [0.2, 0.25) is 5.02 Å². The van der Waals surface area contributed by atoms with Crippen molar-refractivity contribution in [1.29, 1.82) is 0 Å². The molecular formula is C24H25ClN2O4S. The van der Waals surface area contributed by atoms with Gasteiger partial charge in [0.2, 0.25) is 10.0 Å². The number of hydrogen-bond donors (Lipinski definition) is 1. The van der Waals surface area contributed by atoms with E-state index in [9.17, 15) is 13.2 Å². The van der Waals surface area contributed by atoms with E-state index in [0.717, 1.165) is 11.1 Å². The van der Waals surface area contributed by atoms with Crippen LogP contribution < -0.4 is 14.4 Å². The maximum absolute atomic E-state index is 12.4. The second-order valence-electron chi connectivity index (χ2n) is 7.34. The molecule has 3 rings (SSSR count).